The SMILES string of the molecule is CCC1(CC)NC(=O)C(c2ccc(C)cc2C)C1=O. The van der Waals surface area contributed by atoms with Crippen LogP contribution in [0.3, 0.4) is 0 Å². The third-order valence-corrected chi connectivity index (χ3v) is 4.30. The molecular weight excluding hydrogens is 238 g/mol. The maximum absolute atomic E-state index is 12.7. The van der Waals surface area contributed by atoms with Gasteiger partial charge < -0.3 is 5.32 Å². The lowest BCUT2D eigenvalue weighted by Crippen LogP contribution is -2.45. The molecule has 0 bridgehead atoms. The molecule has 0 saturated carbocycles. The molecule has 1 N–H and O–H groups in total. The maximum atomic E-state index is 12.7. The zero-order valence-corrected chi connectivity index (χ0v) is 12.0. The summed E-state index contributed by atoms with van der Waals surface area (Å²) >= 11 is 0. The summed E-state index contributed by atoms with van der Waals surface area (Å²) in [4.78, 5) is 24.9. The minimum absolute atomic E-state index is 0.0226. The molecule has 3 nitrogen and oxygen atoms in total. The summed E-state index contributed by atoms with van der Waals surface area (Å²) in [6, 6.07) is 5.89. The van der Waals surface area contributed by atoms with Crippen LogP contribution in [0.1, 0.15) is 49.3 Å². The number of Topliss-reactive ketones (excluding diaryl/α,β-unsaturated/α-hetero) is 1. The van der Waals surface area contributed by atoms with Crippen molar-refractivity contribution in [1.29, 1.82) is 0 Å². The Balaban J connectivity index is 2.46. The summed E-state index contributed by atoms with van der Waals surface area (Å²) in [6.07, 6.45) is 1.30. The van der Waals surface area contributed by atoms with Crippen LogP contribution in [0.2, 0.25) is 0 Å². The molecule has 0 spiro atoms. The van der Waals surface area contributed by atoms with Crippen molar-refractivity contribution < 1.29 is 9.59 Å². The van der Waals surface area contributed by atoms with Gasteiger partial charge in [0.1, 0.15) is 5.92 Å². The molecule has 1 atom stereocenters. The number of carbonyl (C=O) groups is 2. The minimum Gasteiger partial charge on any atom is -0.343 e. The number of nitrogens with one attached hydrogen (secondary N) is 1. The second-order valence-electron chi connectivity index (χ2n) is 5.44. The molecule has 2 rings (SSSR count). The second kappa shape index (κ2) is 4.80. The Labute approximate surface area is 114 Å². The molecule has 0 aromatic heterocycles. The number of ketones is 1. The average Bonchev–Trinajstić information content (AvgIpc) is 2.62. The van der Waals surface area contributed by atoms with E-state index < -0.39 is 11.5 Å². The molecule has 1 saturated heterocycles. The van der Waals surface area contributed by atoms with E-state index in [1.807, 2.05) is 45.9 Å². The molecule has 0 aliphatic carbocycles. The zero-order valence-electron chi connectivity index (χ0n) is 12.0. The van der Waals surface area contributed by atoms with Gasteiger partial charge in [-0.1, -0.05) is 37.6 Å². The Morgan fingerprint density at radius 3 is 2.26 bits per heavy atom. The van der Waals surface area contributed by atoms with Crippen LogP contribution < -0.4 is 5.32 Å². The lowest BCUT2D eigenvalue weighted by Gasteiger charge is -2.24. The van der Waals surface area contributed by atoms with Gasteiger partial charge in [-0.15, -0.1) is 0 Å². The van der Waals surface area contributed by atoms with Gasteiger partial charge in [0.15, 0.2) is 5.78 Å². The first kappa shape index (κ1) is 13.8. The van der Waals surface area contributed by atoms with Crippen LogP contribution in [-0.2, 0) is 9.59 Å². The molecule has 19 heavy (non-hydrogen) atoms. The Morgan fingerprint density at radius 1 is 1.16 bits per heavy atom. The van der Waals surface area contributed by atoms with Crippen molar-refractivity contribution in [3.63, 3.8) is 0 Å². The fraction of sp³-hybridized carbons (Fsp3) is 0.500. The predicted molar refractivity (Wildman–Crippen MR) is 75.1 cm³/mol. The Morgan fingerprint density at radius 2 is 1.79 bits per heavy atom. The molecule has 1 amide bonds. The van der Waals surface area contributed by atoms with E-state index in [0.29, 0.717) is 12.8 Å². The van der Waals surface area contributed by atoms with E-state index >= 15 is 0 Å². The average molecular weight is 259 g/mol. The van der Waals surface area contributed by atoms with Crippen molar-refractivity contribution in [1.82, 2.24) is 5.32 Å². The van der Waals surface area contributed by atoms with Crippen molar-refractivity contribution >= 4 is 11.7 Å². The van der Waals surface area contributed by atoms with Crippen molar-refractivity contribution in [3.05, 3.63) is 34.9 Å². The highest BCUT2D eigenvalue weighted by molar-refractivity contribution is 6.17. The lowest BCUT2D eigenvalue weighted by atomic mass is 9.82. The smallest absolute Gasteiger partial charge is 0.235 e. The van der Waals surface area contributed by atoms with E-state index in [-0.39, 0.29) is 11.7 Å². The van der Waals surface area contributed by atoms with Crippen molar-refractivity contribution in [2.75, 3.05) is 0 Å². The molecule has 1 aliphatic rings. The first-order valence-electron chi connectivity index (χ1n) is 6.88. The molecule has 102 valence electrons. The number of carbonyl (C=O) groups excluding carboxylic acids is 2. The molecule has 0 radical (unpaired) electrons. The molecule has 3 heteroatoms. The highest BCUT2D eigenvalue weighted by Crippen LogP contribution is 2.35. The Kier molecular flexibility index (Phi) is 3.48. The molecule has 1 aliphatic heterocycles. The van der Waals surface area contributed by atoms with E-state index in [1.165, 1.54) is 0 Å². The zero-order chi connectivity index (χ0) is 14.2. The number of aryl methyl sites for hydroxylation is 2. The highest BCUT2D eigenvalue weighted by atomic mass is 16.2. The fourth-order valence-corrected chi connectivity index (χ4v) is 2.97. The van der Waals surface area contributed by atoms with Gasteiger partial charge in [0.05, 0.1) is 5.54 Å². The largest absolute Gasteiger partial charge is 0.343 e. The van der Waals surface area contributed by atoms with Crippen LogP contribution in [-0.4, -0.2) is 17.2 Å². The topological polar surface area (TPSA) is 46.2 Å². The van der Waals surface area contributed by atoms with Crippen LogP contribution in [0.5, 0.6) is 0 Å². The summed E-state index contributed by atoms with van der Waals surface area (Å²) in [6.45, 7) is 7.87. The van der Waals surface area contributed by atoms with Gasteiger partial charge in [-0.3, -0.25) is 9.59 Å². The second-order valence-corrected chi connectivity index (χ2v) is 5.44. The third-order valence-electron chi connectivity index (χ3n) is 4.30. The fourth-order valence-electron chi connectivity index (χ4n) is 2.97. The van der Waals surface area contributed by atoms with Gasteiger partial charge in [-0.05, 0) is 37.8 Å². The van der Waals surface area contributed by atoms with Crippen LogP contribution in [0.15, 0.2) is 18.2 Å². The van der Waals surface area contributed by atoms with Crippen molar-refractivity contribution in [2.24, 2.45) is 0 Å². The summed E-state index contributed by atoms with van der Waals surface area (Å²) in [5.41, 5.74) is 2.33. The predicted octanol–water partition coefficient (Wildman–Crippen LogP) is 2.64. The first-order chi connectivity index (χ1) is 8.95. The lowest BCUT2D eigenvalue weighted by molar-refractivity contribution is -0.125. The quantitative estimate of drug-likeness (QED) is 0.848. The number of hydrogen-bond acceptors (Lipinski definition) is 2. The minimum atomic E-state index is -0.668. The van der Waals surface area contributed by atoms with Crippen LogP contribution in [0, 0.1) is 13.8 Å². The highest BCUT2D eigenvalue weighted by Gasteiger charge is 2.51. The molecule has 1 unspecified atom stereocenters. The van der Waals surface area contributed by atoms with Gasteiger partial charge in [-0.25, -0.2) is 0 Å². The third kappa shape index (κ3) is 2.07. The van der Waals surface area contributed by atoms with Gasteiger partial charge in [0, 0.05) is 0 Å². The van der Waals surface area contributed by atoms with E-state index in [2.05, 4.69) is 5.32 Å². The monoisotopic (exact) mass is 259 g/mol. The maximum Gasteiger partial charge on any atom is 0.235 e. The van der Waals surface area contributed by atoms with Gasteiger partial charge in [0.2, 0.25) is 5.91 Å². The number of hydrogen-bond donors (Lipinski definition) is 1. The van der Waals surface area contributed by atoms with Crippen molar-refractivity contribution in [3.8, 4) is 0 Å². The molecular formula is C16H21NO2. The van der Waals surface area contributed by atoms with E-state index in [4.69, 9.17) is 0 Å². The van der Waals surface area contributed by atoms with E-state index in [9.17, 15) is 9.59 Å². The van der Waals surface area contributed by atoms with Crippen LogP contribution in [0.25, 0.3) is 0 Å². The molecule has 1 aromatic rings. The summed E-state index contributed by atoms with van der Waals surface area (Å²) in [5, 5.41) is 2.92. The normalized spacial score (nSPS) is 21.6. The van der Waals surface area contributed by atoms with Crippen LogP contribution >= 0.6 is 0 Å². The number of benzene rings is 1. The van der Waals surface area contributed by atoms with Crippen LogP contribution in [0.4, 0.5) is 0 Å². The first-order valence-corrected chi connectivity index (χ1v) is 6.88. The molecule has 1 fully saturated rings. The number of amides is 1. The van der Waals surface area contributed by atoms with E-state index in [0.717, 1.165) is 16.7 Å². The Hall–Kier alpha value is -1.64. The standard InChI is InChI=1S/C16H21NO2/c1-5-16(6-2)14(18)13(15(19)17-16)12-8-7-10(3)9-11(12)4/h7-9,13H,5-6H2,1-4H3,(H,17,19). The molecule has 1 heterocycles. The van der Waals surface area contributed by atoms with Gasteiger partial charge in [-0.2, -0.15) is 0 Å². The summed E-state index contributed by atoms with van der Waals surface area (Å²) in [5.74, 6) is -0.768. The van der Waals surface area contributed by atoms with Gasteiger partial charge in [0.25, 0.3) is 0 Å². The molecule has 1 aromatic carbocycles. The van der Waals surface area contributed by atoms with Gasteiger partial charge >= 0.3 is 0 Å². The summed E-state index contributed by atoms with van der Waals surface area (Å²) in [7, 11) is 0. The van der Waals surface area contributed by atoms with E-state index in [1.54, 1.807) is 0 Å². The summed E-state index contributed by atoms with van der Waals surface area (Å²) < 4.78 is 0. The van der Waals surface area contributed by atoms with Crippen molar-refractivity contribution in [2.45, 2.75) is 52.0 Å². The number of rotatable bonds is 3. The Bertz CT molecular complexity index is 530.